The van der Waals surface area contributed by atoms with Crippen molar-refractivity contribution < 1.29 is 0 Å². The maximum atomic E-state index is 4.33. The quantitative estimate of drug-likeness (QED) is 0.841. The van der Waals surface area contributed by atoms with Crippen molar-refractivity contribution in [1.82, 2.24) is 14.5 Å². The topological polar surface area (TPSA) is 33.1 Å². The zero-order valence-corrected chi connectivity index (χ0v) is 10.3. The van der Waals surface area contributed by atoms with Crippen LogP contribution in [-0.4, -0.2) is 41.1 Å². The van der Waals surface area contributed by atoms with Crippen LogP contribution < -0.4 is 5.32 Å². The van der Waals surface area contributed by atoms with Crippen molar-refractivity contribution in [3.63, 3.8) is 0 Å². The second kappa shape index (κ2) is 5.34. The standard InChI is InChI=1S/C12H22N4/c1-3-16-9-6-13-12(16)14-10-11-4-7-15(2)8-5-11/h6,9,11H,3-5,7-8,10H2,1-2H3,(H,13,14). The molecule has 1 aliphatic rings. The zero-order chi connectivity index (χ0) is 11.4. The van der Waals surface area contributed by atoms with Crippen molar-refractivity contribution in [2.24, 2.45) is 5.92 Å². The van der Waals surface area contributed by atoms with Gasteiger partial charge in [-0.1, -0.05) is 0 Å². The molecule has 4 nitrogen and oxygen atoms in total. The molecule has 1 aliphatic heterocycles. The second-order valence-electron chi connectivity index (χ2n) is 4.66. The molecule has 2 heterocycles. The van der Waals surface area contributed by atoms with Crippen molar-refractivity contribution in [1.29, 1.82) is 0 Å². The molecule has 0 spiro atoms. The van der Waals surface area contributed by atoms with Gasteiger partial charge < -0.3 is 14.8 Å². The molecule has 1 N–H and O–H groups in total. The second-order valence-corrected chi connectivity index (χ2v) is 4.66. The number of aromatic nitrogens is 2. The van der Waals surface area contributed by atoms with Crippen LogP contribution in [0, 0.1) is 5.92 Å². The molecule has 0 amide bonds. The van der Waals surface area contributed by atoms with Gasteiger partial charge in [0.2, 0.25) is 5.95 Å². The van der Waals surface area contributed by atoms with Crippen LogP contribution >= 0.6 is 0 Å². The number of aryl methyl sites for hydroxylation is 1. The van der Waals surface area contributed by atoms with E-state index in [0.29, 0.717) is 0 Å². The van der Waals surface area contributed by atoms with Crippen molar-refractivity contribution in [2.45, 2.75) is 26.3 Å². The Bertz CT molecular complexity index is 313. The van der Waals surface area contributed by atoms with Gasteiger partial charge in [0.05, 0.1) is 0 Å². The van der Waals surface area contributed by atoms with Crippen molar-refractivity contribution in [3.8, 4) is 0 Å². The molecule has 1 fully saturated rings. The third-order valence-corrected chi connectivity index (χ3v) is 3.44. The Morgan fingerprint density at radius 1 is 1.44 bits per heavy atom. The summed E-state index contributed by atoms with van der Waals surface area (Å²) in [6.45, 7) is 6.64. The SMILES string of the molecule is CCn1ccnc1NCC1CCN(C)CC1. The number of nitrogens with zero attached hydrogens (tertiary/aromatic N) is 3. The molecule has 16 heavy (non-hydrogen) atoms. The summed E-state index contributed by atoms with van der Waals surface area (Å²) in [5.41, 5.74) is 0. The Morgan fingerprint density at radius 2 is 2.19 bits per heavy atom. The number of imidazole rings is 1. The first kappa shape index (κ1) is 11.5. The van der Waals surface area contributed by atoms with Gasteiger partial charge in [-0.15, -0.1) is 0 Å². The molecule has 1 aromatic rings. The monoisotopic (exact) mass is 222 g/mol. The van der Waals surface area contributed by atoms with E-state index < -0.39 is 0 Å². The molecule has 2 rings (SSSR count). The summed E-state index contributed by atoms with van der Waals surface area (Å²) in [6, 6.07) is 0. The van der Waals surface area contributed by atoms with Crippen LogP contribution in [0.4, 0.5) is 5.95 Å². The predicted molar refractivity (Wildman–Crippen MR) is 66.6 cm³/mol. The van der Waals surface area contributed by atoms with Gasteiger partial charge >= 0.3 is 0 Å². The Hall–Kier alpha value is -1.03. The number of likely N-dealkylation sites (tertiary alicyclic amines) is 1. The van der Waals surface area contributed by atoms with Crippen molar-refractivity contribution in [2.75, 3.05) is 32.0 Å². The Balaban J connectivity index is 1.79. The number of hydrogen-bond acceptors (Lipinski definition) is 3. The minimum Gasteiger partial charge on any atom is -0.355 e. The Morgan fingerprint density at radius 3 is 2.88 bits per heavy atom. The minimum atomic E-state index is 0.804. The van der Waals surface area contributed by atoms with Gasteiger partial charge in [-0.3, -0.25) is 0 Å². The lowest BCUT2D eigenvalue weighted by Gasteiger charge is -2.29. The van der Waals surface area contributed by atoms with Crippen LogP contribution in [0.1, 0.15) is 19.8 Å². The molecule has 0 aliphatic carbocycles. The predicted octanol–water partition coefficient (Wildman–Crippen LogP) is 1.66. The van der Waals surface area contributed by atoms with Gasteiger partial charge in [0.15, 0.2) is 0 Å². The summed E-state index contributed by atoms with van der Waals surface area (Å²) in [4.78, 5) is 6.73. The van der Waals surface area contributed by atoms with E-state index in [4.69, 9.17) is 0 Å². The van der Waals surface area contributed by atoms with E-state index in [-0.39, 0.29) is 0 Å². The van der Waals surface area contributed by atoms with E-state index in [1.165, 1.54) is 25.9 Å². The first-order valence-electron chi connectivity index (χ1n) is 6.23. The van der Waals surface area contributed by atoms with Gasteiger partial charge in [0, 0.05) is 25.5 Å². The van der Waals surface area contributed by atoms with Gasteiger partial charge in [0.1, 0.15) is 0 Å². The summed E-state index contributed by atoms with van der Waals surface area (Å²) in [5.74, 6) is 1.82. The molecule has 0 aromatic carbocycles. The number of rotatable bonds is 4. The number of anilines is 1. The summed E-state index contributed by atoms with van der Waals surface area (Å²) in [6.07, 6.45) is 6.49. The highest BCUT2D eigenvalue weighted by Gasteiger charge is 2.16. The molecular formula is C12H22N4. The highest BCUT2D eigenvalue weighted by molar-refractivity contribution is 5.25. The summed E-state index contributed by atoms with van der Waals surface area (Å²) < 4.78 is 2.15. The van der Waals surface area contributed by atoms with E-state index >= 15 is 0 Å². The molecule has 0 atom stereocenters. The molecule has 0 saturated carbocycles. The Labute approximate surface area is 97.7 Å². The third-order valence-electron chi connectivity index (χ3n) is 3.44. The summed E-state index contributed by atoms with van der Waals surface area (Å²) in [7, 11) is 2.20. The molecular weight excluding hydrogens is 200 g/mol. The maximum Gasteiger partial charge on any atom is 0.202 e. The van der Waals surface area contributed by atoms with E-state index in [9.17, 15) is 0 Å². The molecule has 4 heteroatoms. The number of piperidine rings is 1. The van der Waals surface area contributed by atoms with E-state index in [1.807, 2.05) is 12.4 Å². The fourth-order valence-electron chi connectivity index (χ4n) is 2.23. The van der Waals surface area contributed by atoms with Crippen LogP contribution in [-0.2, 0) is 6.54 Å². The largest absolute Gasteiger partial charge is 0.355 e. The molecule has 1 aromatic heterocycles. The average Bonchev–Trinajstić information content (AvgIpc) is 2.76. The first-order chi connectivity index (χ1) is 7.79. The molecule has 0 bridgehead atoms. The average molecular weight is 222 g/mol. The lowest BCUT2D eigenvalue weighted by atomic mass is 9.97. The van der Waals surface area contributed by atoms with Crippen molar-refractivity contribution in [3.05, 3.63) is 12.4 Å². The van der Waals surface area contributed by atoms with Crippen LogP contribution in [0.3, 0.4) is 0 Å². The van der Waals surface area contributed by atoms with Crippen LogP contribution in [0.5, 0.6) is 0 Å². The number of hydrogen-bond donors (Lipinski definition) is 1. The summed E-state index contributed by atoms with van der Waals surface area (Å²) >= 11 is 0. The lowest BCUT2D eigenvalue weighted by Crippen LogP contribution is -2.33. The van der Waals surface area contributed by atoms with Gasteiger partial charge in [-0.25, -0.2) is 4.98 Å². The highest BCUT2D eigenvalue weighted by atomic mass is 15.2. The maximum absolute atomic E-state index is 4.33. The first-order valence-corrected chi connectivity index (χ1v) is 6.23. The summed E-state index contributed by atoms with van der Waals surface area (Å²) in [5, 5.41) is 3.46. The van der Waals surface area contributed by atoms with Gasteiger partial charge in [0.25, 0.3) is 0 Å². The zero-order valence-electron chi connectivity index (χ0n) is 10.3. The highest BCUT2D eigenvalue weighted by Crippen LogP contribution is 2.16. The molecule has 1 saturated heterocycles. The number of nitrogens with one attached hydrogen (secondary N) is 1. The van der Waals surface area contributed by atoms with E-state index in [2.05, 4.69) is 33.7 Å². The van der Waals surface area contributed by atoms with Crippen LogP contribution in [0.2, 0.25) is 0 Å². The van der Waals surface area contributed by atoms with Crippen LogP contribution in [0.25, 0.3) is 0 Å². The fraction of sp³-hybridized carbons (Fsp3) is 0.750. The Kier molecular flexibility index (Phi) is 3.83. The molecule has 90 valence electrons. The van der Waals surface area contributed by atoms with Crippen molar-refractivity contribution >= 4 is 5.95 Å². The van der Waals surface area contributed by atoms with Gasteiger partial charge in [-0.2, -0.15) is 0 Å². The molecule has 0 unspecified atom stereocenters. The third kappa shape index (κ3) is 2.76. The fourth-order valence-corrected chi connectivity index (χ4v) is 2.23. The normalized spacial score (nSPS) is 18.9. The molecule has 0 radical (unpaired) electrons. The lowest BCUT2D eigenvalue weighted by molar-refractivity contribution is 0.226. The van der Waals surface area contributed by atoms with Crippen LogP contribution in [0.15, 0.2) is 12.4 Å². The van der Waals surface area contributed by atoms with E-state index in [1.54, 1.807) is 0 Å². The van der Waals surface area contributed by atoms with Gasteiger partial charge in [-0.05, 0) is 45.8 Å². The smallest absolute Gasteiger partial charge is 0.202 e. The van der Waals surface area contributed by atoms with E-state index in [0.717, 1.165) is 25.0 Å². The minimum absolute atomic E-state index is 0.804.